The van der Waals surface area contributed by atoms with Crippen molar-refractivity contribution in [2.75, 3.05) is 12.5 Å². The third-order valence-corrected chi connectivity index (χ3v) is 11.1. The van der Waals surface area contributed by atoms with Crippen molar-refractivity contribution < 1.29 is 13.2 Å². The number of para-hydroxylation sites is 1. The minimum absolute atomic E-state index is 0.262. The van der Waals surface area contributed by atoms with Crippen LogP contribution in [0.1, 0.15) is 0 Å². The molecule has 2 nitrogen and oxygen atoms in total. The lowest BCUT2D eigenvalue weighted by molar-refractivity contribution is 0.622. The molecule has 0 bridgehead atoms. The van der Waals surface area contributed by atoms with Crippen LogP contribution in [0.15, 0.2) is 87.0 Å². The Balaban J connectivity index is 1.48. The molecular weight excluding hydrogens is 505 g/mol. The van der Waals surface area contributed by atoms with Crippen molar-refractivity contribution in [1.29, 1.82) is 0 Å². The maximum Gasteiger partial charge on any atom is 0.163 e. The van der Waals surface area contributed by atoms with Gasteiger partial charge in [-0.05, 0) is 76.1 Å². The number of halogens is 2. The summed E-state index contributed by atoms with van der Waals surface area (Å²) in [5, 5.41) is 1.67. The molecule has 0 saturated heterocycles. The molecule has 1 aliphatic heterocycles. The molecule has 0 fully saturated rings. The van der Waals surface area contributed by atoms with E-state index in [-0.39, 0.29) is 11.6 Å². The summed E-state index contributed by atoms with van der Waals surface area (Å²) < 4.78 is 37.2. The summed E-state index contributed by atoms with van der Waals surface area (Å²) in [5.41, 5.74) is 7.67. The Bertz CT molecular complexity index is 2020. The monoisotopic (exact) mass is 529 g/mol. The standard InChI is InChI=1S/C31H24B3F2NOS/c1-39(2)22-9-4-3-6-16(22)17-11-10-15(14-23(17)39)24-21(35)13-12-19-18-7-5-8-20(29(18)38-30(19)24)28-25(32)27(36)26(33)31(34)37-28/h3-14H,32-34H2,1-2H3. The van der Waals surface area contributed by atoms with Gasteiger partial charge in [-0.3, -0.25) is 4.98 Å². The molecule has 2 aromatic heterocycles. The van der Waals surface area contributed by atoms with Crippen LogP contribution < -0.4 is 16.5 Å². The highest BCUT2D eigenvalue weighted by Crippen LogP contribution is 2.67. The van der Waals surface area contributed by atoms with Crippen LogP contribution in [0.25, 0.3) is 55.4 Å². The van der Waals surface area contributed by atoms with Gasteiger partial charge in [-0.25, -0.2) is 8.78 Å². The summed E-state index contributed by atoms with van der Waals surface area (Å²) in [4.78, 5) is 7.33. The van der Waals surface area contributed by atoms with Crippen molar-refractivity contribution in [3.05, 3.63) is 84.4 Å². The predicted molar refractivity (Wildman–Crippen MR) is 168 cm³/mol. The molecule has 4 aromatic carbocycles. The van der Waals surface area contributed by atoms with Gasteiger partial charge in [-0.15, -0.1) is 0 Å². The Morgan fingerprint density at radius 2 is 1.44 bits per heavy atom. The summed E-state index contributed by atoms with van der Waals surface area (Å²) in [6, 6.07) is 23.8. The Kier molecular flexibility index (Phi) is 5.21. The van der Waals surface area contributed by atoms with Crippen LogP contribution in [0.2, 0.25) is 0 Å². The lowest BCUT2D eigenvalue weighted by atomic mass is 9.78. The van der Waals surface area contributed by atoms with Gasteiger partial charge in [0.1, 0.15) is 38.5 Å². The highest BCUT2D eigenvalue weighted by Gasteiger charge is 2.32. The lowest BCUT2D eigenvalue weighted by Gasteiger charge is -2.28. The second-order valence-electron chi connectivity index (χ2n) is 10.7. The van der Waals surface area contributed by atoms with Crippen LogP contribution >= 0.6 is 10.0 Å². The van der Waals surface area contributed by atoms with Crippen molar-refractivity contribution >= 4 is 72.0 Å². The Hall–Kier alpha value is -3.77. The Labute approximate surface area is 230 Å². The van der Waals surface area contributed by atoms with E-state index in [0.29, 0.717) is 44.5 Å². The Morgan fingerprint density at radius 1 is 0.718 bits per heavy atom. The van der Waals surface area contributed by atoms with Gasteiger partial charge in [0.25, 0.3) is 0 Å². The number of nitrogens with zero attached hydrogens (tertiary/aromatic N) is 1. The van der Waals surface area contributed by atoms with Gasteiger partial charge in [0.15, 0.2) is 7.85 Å². The van der Waals surface area contributed by atoms with E-state index in [0.717, 1.165) is 16.3 Å². The third kappa shape index (κ3) is 3.34. The molecule has 0 aliphatic carbocycles. The van der Waals surface area contributed by atoms with Crippen molar-refractivity contribution in [3.8, 4) is 33.5 Å². The number of rotatable bonds is 2. The first-order valence-electron chi connectivity index (χ1n) is 12.9. The molecule has 7 rings (SSSR count). The van der Waals surface area contributed by atoms with E-state index >= 15 is 8.78 Å². The molecule has 3 heterocycles. The third-order valence-electron chi connectivity index (χ3n) is 8.25. The van der Waals surface area contributed by atoms with E-state index in [1.165, 1.54) is 27.0 Å². The number of pyridine rings is 1. The van der Waals surface area contributed by atoms with E-state index in [2.05, 4.69) is 48.9 Å². The zero-order chi connectivity index (χ0) is 27.2. The van der Waals surface area contributed by atoms with E-state index in [1.54, 1.807) is 21.8 Å². The van der Waals surface area contributed by atoms with Crippen molar-refractivity contribution in [3.63, 3.8) is 0 Å². The zero-order valence-corrected chi connectivity index (χ0v) is 23.3. The van der Waals surface area contributed by atoms with Gasteiger partial charge < -0.3 is 4.42 Å². The van der Waals surface area contributed by atoms with Gasteiger partial charge in [0.05, 0.1) is 11.3 Å². The first-order chi connectivity index (χ1) is 18.7. The quantitative estimate of drug-likeness (QED) is 0.319. The van der Waals surface area contributed by atoms with Gasteiger partial charge in [0.2, 0.25) is 0 Å². The van der Waals surface area contributed by atoms with Crippen LogP contribution in [0.3, 0.4) is 0 Å². The molecule has 188 valence electrons. The molecular formula is C31H24B3F2NOS. The Morgan fingerprint density at radius 3 is 2.26 bits per heavy atom. The number of furan rings is 1. The molecule has 39 heavy (non-hydrogen) atoms. The maximum atomic E-state index is 15.7. The topological polar surface area (TPSA) is 26.0 Å². The summed E-state index contributed by atoms with van der Waals surface area (Å²) in [5.74, 6) is -0.598. The van der Waals surface area contributed by atoms with Gasteiger partial charge in [0, 0.05) is 26.1 Å². The largest absolute Gasteiger partial charge is 0.455 e. The normalized spacial score (nSPS) is 14.5. The summed E-state index contributed by atoms with van der Waals surface area (Å²) in [6.45, 7) is 0. The number of hydrogen-bond donors (Lipinski definition) is 0. The second-order valence-corrected chi connectivity index (χ2v) is 14.3. The highest BCUT2D eigenvalue weighted by atomic mass is 32.3. The second kappa shape index (κ2) is 8.36. The number of hydrogen-bond acceptors (Lipinski definition) is 2. The molecule has 0 radical (unpaired) electrons. The van der Waals surface area contributed by atoms with E-state index in [9.17, 15) is 0 Å². The van der Waals surface area contributed by atoms with Gasteiger partial charge in [-0.2, -0.15) is 10.0 Å². The molecule has 0 unspecified atom stereocenters. The summed E-state index contributed by atoms with van der Waals surface area (Å²) >= 11 is 0. The predicted octanol–water partition coefficient (Wildman–Crippen LogP) is 3.83. The minimum atomic E-state index is -1.24. The van der Waals surface area contributed by atoms with Crippen molar-refractivity contribution in [1.82, 2.24) is 4.98 Å². The number of aromatic nitrogens is 1. The molecule has 6 aromatic rings. The SMILES string of the molecule is Bc1nc(-c2cccc3c2oc2c(-c4ccc5c(c4)S(C)(C)c4ccccc4-5)c(F)ccc23)c(B)c(F)c1B. The fourth-order valence-electron chi connectivity index (χ4n) is 6.01. The van der Waals surface area contributed by atoms with Crippen LogP contribution in [0, 0.1) is 11.6 Å². The van der Waals surface area contributed by atoms with Crippen molar-refractivity contribution in [2.45, 2.75) is 9.79 Å². The van der Waals surface area contributed by atoms with Gasteiger partial charge >= 0.3 is 0 Å². The first kappa shape index (κ1) is 24.3. The minimum Gasteiger partial charge on any atom is -0.455 e. The fourth-order valence-corrected chi connectivity index (χ4v) is 8.54. The molecule has 0 N–H and O–H groups in total. The molecule has 0 atom stereocenters. The maximum absolute atomic E-state index is 15.7. The number of fused-ring (bicyclic) bond motifs is 6. The number of benzene rings is 4. The highest BCUT2D eigenvalue weighted by molar-refractivity contribution is 8.33. The van der Waals surface area contributed by atoms with E-state index in [4.69, 9.17) is 9.40 Å². The summed E-state index contributed by atoms with van der Waals surface area (Å²) in [6.07, 6.45) is 4.59. The molecule has 0 spiro atoms. The van der Waals surface area contributed by atoms with Crippen LogP contribution in [0.5, 0.6) is 0 Å². The average Bonchev–Trinajstić information content (AvgIpc) is 3.42. The summed E-state index contributed by atoms with van der Waals surface area (Å²) in [7, 11) is 4.05. The zero-order valence-electron chi connectivity index (χ0n) is 22.4. The fraction of sp³-hybridized carbons (Fsp3) is 0.0645. The van der Waals surface area contributed by atoms with E-state index in [1.807, 2.05) is 32.1 Å². The van der Waals surface area contributed by atoms with Crippen LogP contribution in [0.4, 0.5) is 8.78 Å². The molecule has 1 aliphatic rings. The molecule has 0 saturated carbocycles. The van der Waals surface area contributed by atoms with Crippen molar-refractivity contribution in [2.24, 2.45) is 0 Å². The van der Waals surface area contributed by atoms with Crippen LogP contribution in [-0.4, -0.2) is 41.0 Å². The average molecular weight is 529 g/mol. The van der Waals surface area contributed by atoms with Crippen LogP contribution in [-0.2, 0) is 0 Å². The lowest BCUT2D eigenvalue weighted by Crippen LogP contribution is -2.38. The van der Waals surface area contributed by atoms with Gasteiger partial charge in [-0.1, -0.05) is 42.5 Å². The molecule has 0 amide bonds. The molecule has 8 heteroatoms. The first-order valence-corrected chi connectivity index (χ1v) is 15.4. The smallest absolute Gasteiger partial charge is 0.163 e. The van der Waals surface area contributed by atoms with E-state index < -0.39 is 10.0 Å².